The third-order valence-electron chi connectivity index (χ3n) is 2.90. The highest BCUT2D eigenvalue weighted by atomic mass is 16.5. The van der Waals surface area contributed by atoms with Crippen LogP contribution in [0.1, 0.15) is 32.8 Å². The van der Waals surface area contributed by atoms with E-state index in [2.05, 4.69) is 16.7 Å². The van der Waals surface area contributed by atoms with Gasteiger partial charge in [-0.15, -0.1) is 0 Å². The van der Waals surface area contributed by atoms with Crippen molar-refractivity contribution in [1.29, 1.82) is 0 Å². The Bertz CT molecular complexity index is 464. The van der Waals surface area contributed by atoms with E-state index in [1.54, 1.807) is 0 Å². The third kappa shape index (κ3) is 4.16. The first-order valence-electron chi connectivity index (χ1n) is 6.75. The van der Waals surface area contributed by atoms with Gasteiger partial charge >= 0.3 is 0 Å². The highest BCUT2D eigenvalue weighted by molar-refractivity contribution is 5.78. The first-order valence-corrected chi connectivity index (χ1v) is 6.75. The molecule has 1 aromatic carbocycles. The summed E-state index contributed by atoms with van der Waals surface area (Å²) in [7, 11) is 0. The van der Waals surface area contributed by atoms with Gasteiger partial charge < -0.3 is 15.4 Å². The van der Waals surface area contributed by atoms with Crippen LogP contribution < -0.4 is 15.4 Å². The van der Waals surface area contributed by atoms with Crippen molar-refractivity contribution in [3.63, 3.8) is 0 Å². The van der Waals surface area contributed by atoms with Gasteiger partial charge in [0.05, 0.1) is 0 Å². The largest absolute Gasteiger partial charge is 0.484 e. The Morgan fingerprint density at radius 3 is 2.95 bits per heavy atom. The van der Waals surface area contributed by atoms with Crippen LogP contribution in [-0.2, 0) is 11.2 Å². The van der Waals surface area contributed by atoms with E-state index < -0.39 is 0 Å². The normalized spacial score (nSPS) is 14.3. The molecule has 0 saturated carbocycles. The van der Waals surface area contributed by atoms with E-state index in [0.717, 1.165) is 24.4 Å². The highest BCUT2D eigenvalue weighted by Gasteiger charge is 2.14. The van der Waals surface area contributed by atoms with E-state index in [-0.39, 0.29) is 18.1 Å². The standard InChI is InChI=1S/C15H22N2O2/c1-15(2,3)17-14(18)10-19-12-7-6-11-5-4-8-16-13(11)9-12/h6-7,9,16H,4-5,8,10H2,1-3H3,(H,17,18). The number of anilines is 1. The van der Waals surface area contributed by atoms with E-state index in [1.807, 2.05) is 32.9 Å². The summed E-state index contributed by atoms with van der Waals surface area (Å²) in [5.41, 5.74) is 2.22. The average Bonchev–Trinajstić information content (AvgIpc) is 2.34. The van der Waals surface area contributed by atoms with Crippen molar-refractivity contribution in [3.05, 3.63) is 23.8 Å². The molecule has 0 atom stereocenters. The number of carbonyl (C=O) groups excluding carboxylic acids is 1. The third-order valence-corrected chi connectivity index (χ3v) is 2.90. The molecule has 0 saturated heterocycles. The van der Waals surface area contributed by atoms with Crippen LogP contribution >= 0.6 is 0 Å². The summed E-state index contributed by atoms with van der Waals surface area (Å²) in [5.74, 6) is 0.635. The van der Waals surface area contributed by atoms with Crippen molar-refractivity contribution < 1.29 is 9.53 Å². The Kier molecular flexibility index (Phi) is 3.98. The van der Waals surface area contributed by atoms with Gasteiger partial charge in [0, 0.05) is 23.8 Å². The number of carbonyl (C=O) groups is 1. The summed E-state index contributed by atoms with van der Waals surface area (Å²) in [6, 6.07) is 5.97. The second-order valence-corrected chi connectivity index (χ2v) is 5.94. The Morgan fingerprint density at radius 1 is 1.42 bits per heavy atom. The molecule has 0 radical (unpaired) electrons. The zero-order valence-electron chi connectivity index (χ0n) is 11.9. The van der Waals surface area contributed by atoms with Gasteiger partial charge in [0.1, 0.15) is 5.75 Å². The lowest BCUT2D eigenvalue weighted by Gasteiger charge is -2.21. The molecule has 19 heavy (non-hydrogen) atoms. The lowest BCUT2D eigenvalue weighted by atomic mass is 10.0. The van der Waals surface area contributed by atoms with E-state index in [9.17, 15) is 4.79 Å². The number of ether oxygens (including phenoxy) is 1. The van der Waals surface area contributed by atoms with Crippen molar-refractivity contribution >= 4 is 11.6 Å². The SMILES string of the molecule is CC(C)(C)NC(=O)COc1ccc2c(c1)NCCC2. The van der Waals surface area contributed by atoms with Gasteiger partial charge in [0.2, 0.25) is 0 Å². The fraction of sp³-hybridized carbons (Fsp3) is 0.533. The van der Waals surface area contributed by atoms with Crippen LogP contribution in [0.5, 0.6) is 5.75 Å². The number of amides is 1. The fourth-order valence-corrected chi connectivity index (χ4v) is 2.13. The zero-order chi connectivity index (χ0) is 13.9. The van der Waals surface area contributed by atoms with Gasteiger partial charge in [-0.3, -0.25) is 4.79 Å². The molecule has 4 nitrogen and oxygen atoms in total. The van der Waals surface area contributed by atoms with Crippen LogP contribution in [0.4, 0.5) is 5.69 Å². The number of aryl methyl sites for hydroxylation is 1. The van der Waals surface area contributed by atoms with E-state index in [1.165, 1.54) is 12.0 Å². The molecule has 2 rings (SSSR count). The second kappa shape index (κ2) is 5.51. The number of benzene rings is 1. The molecule has 0 bridgehead atoms. The molecule has 4 heteroatoms. The maximum Gasteiger partial charge on any atom is 0.258 e. The predicted octanol–water partition coefficient (Wildman–Crippen LogP) is 2.34. The van der Waals surface area contributed by atoms with Crippen LogP contribution in [0, 0.1) is 0 Å². The minimum atomic E-state index is -0.224. The molecule has 1 heterocycles. The Morgan fingerprint density at radius 2 is 2.21 bits per heavy atom. The molecule has 0 fully saturated rings. The summed E-state index contributed by atoms with van der Waals surface area (Å²) in [4.78, 5) is 11.7. The molecule has 0 unspecified atom stereocenters. The predicted molar refractivity (Wildman–Crippen MR) is 76.6 cm³/mol. The zero-order valence-corrected chi connectivity index (χ0v) is 11.9. The van der Waals surface area contributed by atoms with Gasteiger partial charge in [-0.2, -0.15) is 0 Å². The monoisotopic (exact) mass is 262 g/mol. The summed E-state index contributed by atoms with van der Waals surface area (Å²) >= 11 is 0. The Hall–Kier alpha value is -1.71. The second-order valence-electron chi connectivity index (χ2n) is 5.94. The Labute approximate surface area is 114 Å². The number of hydrogen-bond donors (Lipinski definition) is 2. The van der Waals surface area contributed by atoms with Gasteiger partial charge in [-0.25, -0.2) is 0 Å². The quantitative estimate of drug-likeness (QED) is 0.879. The molecule has 104 valence electrons. The maximum atomic E-state index is 11.7. The first kappa shape index (κ1) is 13.7. The van der Waals surface area contributed by atoms with Crippen LogP contribution in [0.2, 0.25) is 0 Å². The van der Waals surface area contributed by atoms with E-state index in [0.29, 0.717) is 0 Å². The van der Waals surface area contributed by atoms with E-state index in [4.69, 9.17) is 4.74 Å². The van der Waals surface area contributed by atoms with Gasteiger partial charge in [0.25, 0.3) is 5.91 Å². The smallest absolute Gasteiger partial charge is 0.258 e. The van der Waals surface area contributed by atoms with Crippen molar-refractivity contribution in [3.8, 4) is 5.75 Å². The van der Waals surface area contributed by atoms with Crippen molar-refractivity contribution in [2.45, 2.75) is 39.2 Å². The molecule has 1 aromatic rings. The highest BCUT2D eigenvalue weighted by Crippen LogP contribution is 2.26. The molecule has 1 aliphatic heterocycles. The Balaban J connectivity index is 1.91. The maximum absolute atomic E-state index is 11.7. The average molecular weight is 262 g/mol. The number of nitrogens with one attached hydrogen (secondary N) is 2. The minimum Gasteiger partial charge on any atom is -0.484 e. The van der Waals surface area contributed by atoms with Crippen molar-refractivity contribution in [2.24, 2.45) is 0 Å². The fourth-order valence-electron chi connectivity index (χ4n) is 2.13. The molecule has 1 amide bonds. The minimum absolute atomic E-state index is 0.0516. The summed E-state index contributed by atoms with van der Waals surface area (Å²) in [6.07, 6.45) is 2.27. The summed E-state index contributed by atoms with van der Waals surface area (Å²) in [6.45, 7) is 6.91. The molecular weight excluding hydrogens is 240 g/mol. The topological polar surface area (TPSA) is 50.4 Å². The van der Waals surface area contributed by atoms with Gasteiger partial charge in [-0.1, -0.05) is 6.07 Å². The molecular formula is C15H22N2O2. The van der Waals surface area contributed by atoms with Crippen LogP contribution in [0.25, 0.3) is 0 Å². The summed E-state index contributed by atoms with van der Waals surface area (Å²) in [5, 5.41) is 6.22. The van der Waals surface area contributed by atoms with Crippen molar-refractivity contribution in [2.75, 3.05) is 18.5 Å². The van der Waals surface area contributed by atoms with Crippen LogP contribution in [0.15, 0.2) is 18.2 Å². The molecule has 2 N–H and O–H groups in total. The first-order chi connectivity index (χ1) is 8.94. The molecule has 0 aliphatic carbocycles. The van der Waals surface area contributed by atoms with Gasteiger partial charge in [0.15, 0.2) is 6.61 Å². The molecule has 1 aliphatic rings. The molecule has 0 spiro atoms. The van der Waals surface area contributed by atoms with Crippen LogP contribution in [0.3, 0.4) is 0 Å². The number of hydrogen-bond acceptors (Lipinski definition) is 3. The van der Waals surface area contributed by atoms with Gasteiger partial charge in [-0.05, 0) is 45.2 Å². The van der Waals surface area contributed by atoms with E-state index >= 15 is 0 Å². The lowest BCUT2D eigenvalue weighted by molar-refractivity contribution is -0.124. The molecule has 0 aromatic heterocycles. The number of fused-ring (bicyclic) bond motifs is 1. The lowest BCUT2D eigenvalue weighted by Crippen LogP contribution is -2.43. The van der Waals surface area contributed by atoms with Crippen molar-refractivity contribution in [1.82, 2.24) is 5.32 Å². The summed E-state index contributed by atoms with van der Waals surface area (Å²) < 4.78 is 5.53. The van der Waals surface area contributed by atoms with Crippen LogP contribution in [-0.4, -0.2) is 24.6 Å². The number of rotatable bonds is 3.